The van der Waals surface area contributed by atoms with Crippen LogP contribution in [0, 0.1) is 19.8 Å². The Balaban J connectivity index is 1.15. The van der Waals surface area contributed by atoms with Crippen LogP contribution in [0.25, 0.3) is 0 Å². The van der Waals surface area contributed by atoms with E-state index in [0.29, 0.717) is 42.3 Å². The second-order valence-corrected chi connectivity index (χ2v) is 15.8. The molecule has 0 unspecified atom stereocenters. The predicted octanol–water partition coefficient (Wildman–Crippen LogP) is 8.45. The molecular weight excluding hydrogens is 693 g/mol. The largest absolute Gasteiger partial charge is 0.507 e. The van der Waals surface area contributed by atoms with Crippen molar-refractivity contribution in [1.82, 2.24) is 10.6 Å². The van der Waals surface area contributed by atoms with Gasteiger partial charge in [0.1, 0.15) is 11.5 Å². The highest BCUT2D eigenvalue weighted by Gasteiger charge is 2.20. The molecule has 0 radical (unpaired) electrons. The molecule has 0 aromatic heterocycles. The van der Waals surface area contributed by atoms with Crippen molar-refractivity contribution >= 4 is 35.0 Å². The highest BCUT2D eigenvalue weighted by atomic mass is 16.3. The average Bonchev–Trinajstić information content (AvgIpc) is 3.12. The van der Waals surface area contributed by atoms with E-state index < -0.39 is 12.1 Å². The molecule has 10 heteroatoms. The summed E-state index contributed by atoms with van der Waals surface area (Å²) in [7, 11) is 0. The Morgan fingerprint density at radius 3 is 1.49 bits per heavy atom. The summed E-state index contributed by atoms with van der Waals surface area (Å²) in [6, 6.07) is 21.6. The molecule has 4 aromatic rings. The molecular formula is C45H56N4O6. The summed E-state index contributed by atoms with van der Waals surface area (Å²) >= 11 is 0. The third kappa shape index (κ3) is 13.3. The monoisotopic (exact) mass is 748 g/mol. The maximum atomic E-state index is 12.5. The first-order chi connectivity index (χ1) is 26.0. The number of phenolic OH excluding ortho intramolecular Hbond substituents is 2. The van der Waals surface area contributed by atoms with Crippen LogP contribution in [0.1, 0.15) is 92.0 Å². The van der Waals surface area contributed by atoms with Crippen molar-refractivity contribution in [2.45, 2.75) is 92.4 Å². The van der Waals surface area contributed by atoms with Gasteiger partial charge in [-0.2, -0.15) is 0 Å². The first-order valence-corrected chi connectivity index (χ1v) is 18.9. The van der Waals surface area contributed by atoms with Crippen molar-refractivity contribution in [3.8, 4) is 11.5 Å². The van der Waals surface area contributed by atoms with Crippen LogP contribution in [-0.2, 0) is 40.7 Å². The summed E-state index contributed by atoms with van der Waals surface area (Å²) in [5.74, 6) is 0.837. The van der Waals surface area contributed by atoms with Gasteiger partial charge in [-0.15, -0.1) is 0 Å². The fourth-order valence-corrected chi connectivity index (χ4v) is 6.34. The van der Waals surface area contributed by atoms with Crippen molar-refractivity contribution in [1.29, 1.82) is 0 Å². The lowest BCUT2D eigenvalue weighted by molar-refractivity contribution is -0.118. The maximum absolute atomic E-state index is 12.5. The molecule has 0 heterocycles. The van der Waals surface area contributed by atoms with Crippen molar-refractivity contribution in [3.63, 3.8) is 0 Å². The van der Waals surface area contributed by atoms with Gasteiger partial charge < -0.3 is 31.5 Å². The van der Waals surface area contributed by atoms with E-state index in [-0.39, 0.29) is 48.7 Å². The second-order valence-electron chi connectivity index (χ2n) is 15.8. The topological polar surface area (TPSA) is 157 Å². The number of hydrogen-bond acceptors (Lipinski definition) is 6. The molecule has 0 spiro atoms. The number of nitrogens with one attached hydrogen (secondary N) is 4. The zero-order valence-corrected chi connectivity index (χ0v) is 33.2. The Morgan fingerprint density at radius 2 is 1.05 bits per heavy atom. The van der Waals surface area contributed by atoms with Gasteiger partial charge >= 0.3 is 12.1 Å². The molecule has 292 valence electrons. The van der Waals surface area contributed by atoms with Gasteiger partial charge in [0.05, 0.1) is 13.1 Å². The number of aromatic hydroxyl groups is 2. The van der Waals surface area contributed by atoms with Crippen LogP contribution in [0.15, 0.2) is 72.8 Å². The van der Waals surface area contributed by atoms with Gasteiger partial charge in [0.2, 0.25) is 0 Å². The number of carbonyl (C=O) groups is 4. The molecule has 0 aliphatic carbocycles. The maximum Gasteiger partial charge on any atom is 0.319 e. The summed E-state index contributed by atoms with van der Waals surface area (Å²) in [5, 5.41) is 31.6. The molecule has 0 bridgehead atoms. The van der Waals surface area contributed by atoms with Gasteiger partial charge in [-0.1, -0.05) is 83.1 Å². The summed E-state index contributed by atoms with van der Waals surface area (Å²) in [6.45, 7) is 13.9. The van der Waals surface area contributed by atoms with E-state index in [1.165, 1.54) is 0 Å². The van der Waals surface area contributed by atoms with E-state index in [9.17, 15) is 29.4 Å². The first kappa shape index (κ1) is 42.1. The molecule has 0 fully saturated rings. The smallest absolute Gasteiger partial charge is 0.319 e. The molecule has 10 nitrogen and oxygen atoms in total. The van der Waals surface area contributed by atoms with Gasteiger partial charge in [0, 0.05) is 24.2 Å². The number of rotatable bonds is 16. The lowest BCUT2D eigenvalue weighted by atomic mass is 9.83. The Kier molecular flexibility index (Phi) is 14.6. The first-order valence-electron chi connectivity index (χ1n) is 18.9. The molecule has 0 atom stereocenters. The van der Waals surface area contributed by atoms with Crippen LogP contribution in [-0.4, -0.2) is 46.9 Å². The molecule has 6 N–H and O–H groups in total. The molecule has 4 rings (SSSR count). The number of anilines is 2. The van der Waals surface area contributed by atoms with Crippen LogP contribution >= 0.6 is 0 Å². The van der Waals surface area contributed by atoms with E-state index in [0.717, 1.165) is 50.9 Å². The molecule has 0 saturated heterocycles. The predicted molar refractivity (Wildman–Crippen MR) is 219 cm³/mol. The number of aryl methyl sites for hydroxylation is 4. The molecule has 0 aliphatic rings. The lowest BCUT2D eigenvalue weighted by Crippen LogP contribution is -2.33. The third-order valence-electron chi connectivity index (χ3n) is 9.34. The van der Waals surface area contributed by atoms with Crippen molar-refractivity contribution in [3.05, 3.63) is 117 Å². The Morgan fingerprint density at radius 1 is 0.618 bits per heavy atom. The van der Waals surface area contributed by atoms with Crippen molar-refractivity contribution in [2.75, 3.05) is 23.7 Å². The summed E-state index contributed by atoms with van der Waals surface area (Å²) in [6.07, 6.45) is 3.02. The molecule has 0 aliphatic heterocycles. The average molecular weight is 749 g/mol. The highest BCUT2D eigenvalue weighted by Crippen LogP contribution is 2.34. The quantitative estimate of drug-likeness (QED) is 0.0675. The van der Waals surface area contributed by atoms with E-state index in [2.05, 4.69) is 35.1 Å². The third-order valence-corrected chi connectivity index (χ3v) is 9.34. The Labute approximate surface area is 325 Å². The number of urea groups is 2. The number of carbonyl (C=O) groups excluding carboxylic acids is 4. The molecule has 4 aromatic carbocycles. The van der Waals surface area contributed by atoms with Crippen LogP contribution in [0.2, 0.25) is 0 Å². The summed E-state index contributed by atoms with van der Waals surface area (Å²) in [4.78, 5) is 50.0. The van der Waals surface area contributed by atoms with Crippen LogP contribution in [0.5, 0.6) is 11.5 Å². The number of ketones is 2. The van der Waals surface area contributed by atoms with Gasteiger partial charge in [0.25, 0.3) is 0 Å². The number of amides is 4. The second kappa shape index (κ2) is 19.1. The van der Waals surface area contributed by atoms with E-state index in [4.69, 9.17) is 0 Å². The van der Waals surface area contributed by atoms with Gasteiger partial charge in [-0.05, 0) is 120 Å². The highest BCUT2D eigenvalue weighted by molar-refractivity contribution is 5.93. The number of benzene rings is 4. The molecule has 0 saturated carbocycles. The normalized spacial score (nSPS) is 11.3. The van der Waals surface area contributed by atoms with Crippen molar-refractivity contribution < 1.29 is 29.4 Å². The number of phenols is 2. The Bertz CT molecular complexity index is 1980. The van der Waals surface area contributed by atoms with E-state index >= 15 is 0 Å². The van der Waals surface area contributed by atoms with Crippen LogP contribution in [0.3, 0.4) is 0 Å². The number of hydrogen-bond donors (Lipinski definition) is 6. The fourth-order valence-electron chi connectivity index (χ4n) is 6.34. The fraction of sp³-hybridized carbons (Fsp3) is 0.378. The standard InChI is InChI=1S/C45H56N4O6/c1-28(2)20-35-24-33(21-29(3)41(35)52)12-18-38(50)26-46-43(54)48-36-14-8-31(9-15-36)23-32-10-16-37(17-11-32)49-44(55)47-27-39(51)19-13-34-22-30(4)42(53)40(25-34)45(5,6)7/h8-11,14-17,21-22,24-25,28,52-53H,12-13,18-20,23,26-27H2,1-7H3,(H2,46,48,54)(H2,47,49,55). The number of Topliss-reactive ketones (excluding diaryl/α,β-unsaturated/α-hetero) is 2. The van der Waals surface area contributed by atoms with Gasteiger partial charge in [0.15, 0.2) is 11.6 Å². The zero-order chi connectivity index (χ0) is 40.3. The summed E-state index contributed by atoms with van der Waals surface area (Å²) in [5.41, 5.74) is 8.31. The minimum Gasteiger partial charge on any atom is -0.507 e. The lowest BCUT2D eigenvalue weighted by Gasteiger charge is -2.22. The Hall–Kier alpha value is -5.64. The van der Waals surface area contributed by atoms with E-state index in [1.807, 2.05) is 83.1 Å². The van der Waals surface area contributed by atoms with Gasteiger partial charge in [-0.25, -0.2) is 9.59 Å². The zero-order valence-electron chi connectivity index (χ0n) is 33.2. The van der Waals surface area contributed by atoms with E-state index in [1.54, 1.807) is 24.3 Å². The molecule has 4 amide bonds. The van der Waals surface area contributed by atoms with Gasteiger partial charge in [-0.3, -0.25) is 9.59 Å². The van der Waals surface area contributed by atoms with Crippen LogP contribution < -0.4 is 21.3 Å². The summed E-state index contributed by atoms with van der Waals surface area (Å²) < 4.78 is 0. The SMILES string of the molecule is Cc1cc(CCC(=O)CNC(=O)Nc2ccc(Cc3ccc(NC(=O)NCC(=O)CCc4cc(C)c(O)c(C(C)(C)C)c4)cc3)cc2)cc(CC(C)C)c1O. The van der Waals surface area contributed by atoms with Crippen molar-refractivity contribution in [2.24, 2.45) is 5.92 Å². The minimum atomic E-state index is -0.465. The van der Waals surface area contributed by atoms with Crippen LogP contribution in [0.4, 0.5) is 21.0 Å². The minimum absolute atomic E-state index is 0.0784. The molecule has 55 heavy (non-hydrogen) atoms.